The molecular formula is C11H24O. The molecule has 12 heavy (non-hydrogen) atoms. The molecule has 0 aliphatic carbocycles. The molecule has 0 aliphatic heterocycles. The third kappa shape index (κ3) is 4.76. The lowest BCUT2D eigenvalue weighted by molar-refractivity contribution is -0.0105. The molecule has 0 saturated carbocycles. The summed E-state index contributed by atoms with van der Waals surface area (Å²) in [6.45, 7) is 6.69. The topological polar surface area (TPSA) is 9.23 Å². The number of hydrogen-bond donors (Lipinski definition) is 0. The summed E-state index contributed by atoms with van der Waals surface area (Å²) in [6.07, 6.45) is 7.56. The third-order valence-electron chi connectivity index (χ3n) is 2.58. The van der Waals surface area contributed by atoms with Crippen LogP contribution in [-0.2, 0) is 4.74 Å². The summed E-state index contributed by atoms with van der Waals surface area (Å²) in [5.41, 5.74) is 0.143. The molecule has 1 nitrogen and oxygen atoms in total. The highest BCUT2D eigenvalue weighted by molar-refractivity contribution is 4.73. The Morgan fingerprint density at radius 3 is 2.08 bits per heavy atom. The van der Waals surface area contributed by atoms with Crippen molar-refractivity contribution < 1.29 is 4.74 Å². The molecule has 0 radical (unpaired) electrons. The molecule has 0 heterocycles. The predicted octanol–water partition coefficient (Wildman–Crippen LogP) is 3.77. The second kappa shape index (κ2) is 6.47. The van der Waals surface area contributed by atoms with E-state index in [4.69, 9.17) is 4.74 Å². The molecule has 0 aromatic heterocycles. The molecule has 0 aromatic rings. The van der Waals surface area contributed by atoms with Crippen LogP contribution >= 0.6 is 0 Å². The summed E-state index contributed by atoms with van der Waals surface area (Å²) in [5.74, 6) is 0. The van der Waals surface area contributed by atoms with E-state index in [0.717, 1.165) is 0 Å². The summed E-state index contributed by atoms with van der Waals surface area (Å²) in [6, 6.07) is 0. The minimum atomic E-state index is 0.143. The lowest BCUT2D eigenvalue weighted by atomic mass is 9.93. The van der Waals surface area contributed by atoms with Gasteiger partial charge >= 0.3 is 0 Å². The van der Waals surface area contributed by atoms with E-state index < -0.39 is 0 Å². The highest BCUT2D eigenvalue weighted by Gasteiger charge is 2.20. The number of rotatable bonds is 7. The maximum atomic E-state index is 5.52. The fraction of sp³-hybridized carbons (Fsp3) is 1.00. The molecule has 74 valence electrons. The zero-order valence-corrected chi connectivity index (χ0v) is 9.15. The van der Waals surface area contributed by atoms with E-state index in [-0.39, 0.29) is 5.60 Å². The normalized spacial score (nSPS) is 16.0. The third-order valence-corrected chi connectivity index (χ3v) is 2.58. The van der Waals surface area contributed by atoms with E-state index in [1.165, 1.54) is 38.5 Å². The first-order valence-corrected chi connectivity index (χ1v) is 5.23. The van der Waals surface area contributed by atoms with Gasteiger partial charge in [0, 0.05) is 7.11 Å². The molecule has 1 atom stereocenters. The Labute approximate surface area is 77.5 Å². The average molecular weight is 172 g/mol. The Morgan fingerprint density at radius 2 is 1.67 bits per heavy atom. The van der Waals surface area contributed by atoms with Gasteiger partial charge in [-0.1, -0.05) is 39.5 Å². The number of unbranched alkanes of at least 4 members (excludes halogenated alkanes) is 2. The molecule has 0 fully saturated rings. The quantitative estimate of drug-likeness (QED) is 0.531. The molecule has 0 saturated heterocycles. The summed E-state index contributed by atoms with van der Waals surface area (Å²) in [7, 11) is 1.83. The smallest absolute Gasteiger partial charge is 0.0650 e. The van der Waals surface area contributed by atoms with Crippen LogP contribution in [0.4, 0.5) is 0 Å². The minimum absolute atomic E-state index is 0.143. The molecule has 0 aliphatic rings. The van der Waals surface area contributed by atoms with Crippen molar-refractivity contribution in [1.82, 2.24) is 0 Å². The van der Waals surface area contributed by atoms with Crippen molar-refractivity contribution in [2.45, 2.75) is 64.9 Å². The Morgan fingerprint density at radius 1 is 1.00 bits per heavy atom. The van der Waals surface area contributed by atoms with E-state index >= 15 is 0 Å². The van der Waals surface area contributed by atoms with Crippen molar-refractivity contribution in [3.63, 3.8) is 0 Å². The van der Waals surface area contributed by atoms with Crippen molar-refractivity contribution >= 4 is 0 Å². The molecule has 0 amide bonds. The second-order valence-corrected chi connectivity index (χ2v) is 3.86. The Hall–Kier alpha value is -0.0400. The van der Waals surface area contributed by atoms with Crippen molar-refractivity contribution in [2.24, 2.45) is 0 Å². The summed E-state index contributed by atoms with van der Waals surface area (Å²) in [5, 5.41) is 0. The first-order chi connectivity index (χ1) is 5.68. The number of ether oxygens (including phenoxy) is 1. The minimum Gasteiger partial charge on any atom is -0.379 e. The van der Waals surface area contributed by atoms with E-state index in [0.29, 0.717) is 0 Å². The van der Waals surface area contributed by atoms with Crippen LogP contribution in [0.25, 0.3) is 0 Å². The van der Waals surface area contributed by atoms with Crippen LogP contribution in [0.5, 0.6) is 0 Å². The molecular weight excluding hydrogens is 148 g/mol. The zero-order chi connectivity index (χ0) is 9.45. The monoisotopic (exact) mass is 172 g/mol. The van der Waals surface area contributed by atoms with E-state index in [2.05, 4.69) is 20.8 Å². The molecule has 0 aromatic carbocycles. The van der Waals surface area contributed by atoms with Gasteiger partial charge in [-0.3, -0.25) is 0 Å². The van der Waals surface area contributed by atoms with Crippen molar-refractivity contribution in [1.29, 1.82) is 0 Å². The average Bonchev–Trinajstić information content (AvgIpc) is 2.06. The highest BCUT2D eigenvalue weighted by atomic mass is 16.5. The summed E-state index contributed by atoms with van der Waals surface area (Å²) in [4.78, 5) is 0. The van der Waals surface area contributed by atoms with Crippen LogP contribution in [0.2, 0.25) is 0 Å². The van der Waals surface area contributed by atoms with Crippen LogP contribution < -0.4 is 0 Å². The lowest BCUT2D eigenvalue weighted by Crippen LogP contribution is -2.26. The summed E-state index contributed by atoms with van der Waals surface area (Å²) >= 11 is 0. The molecule has 0 rings (SSSR count). The predicted molar refractivity (Wildman–Crippen MR) is 54.5 cm³/mol. The van der Waals surface area contributed by atoms with Gasteiger partial charge in [0.1, 0.15) is 0 Å². The summed E-state index contributed by atoms with van der Waals surface area (Å²) < 4.78 is 5.52. The highest BCUT2D eigenvalue weighted by Crippen LogP contribution is 2.23. The van der Waals surface area contributed by atoms with Gasteiger partial charge < -0.3 is 4.74 Å². The maximum absolute atomic E-state index is 5.52. The Balaban J connectivity index is 3.63. The largest absolute Gasteiger partial charge is 0.379 e. The lowest BCUT2D eigenvalue weighted by Gasteiger charge is -2.27. The molecule has 0 N–H and O–H groups in total. The fourth-order valence-electron chi connectivity index (χ4n) is 1.61. The van der Waals surface area contributed by atoms with Crippen LogP contribution in [0, 0.1) is 0 Å². The van der Waals surface area contributed by atoms with Gasteiger partial charge in [-0.05, 0) is 19.8 Å². The van der Waals surface area contributed by atoms with E-state index in [1.54, 1.807) is 0 Å². The zero-order valence-electron chi connectivity index (χ0n) is 9.15. The first-order valence-electron chi connectivity index (χ1n) is 5.23. The number of methoxy groups -OCH3 is 1. The van der Waals surface area contributed by atoms with Gasteiger partial charge in [0.15, 0.2) is 0 Å². The van der Waals surface area contributed by atoms with Crippen molar-refractivity contribution in [3.8, 4) is 0 Å². The van der Waals surface area contributed by atoms with Gasteiger partial charge in [0.2, 0.25) is 0 Å². The van der Waals surface area contributed by atoms with Crippen LogP contribution in [0.1, 0.15) is 59.3 Å². The molecule has 1 unspecified atom stereocenters. The first kappa shape index (κ1) is 12.0. The van der Waals surface area contributed by atoms with Crippen LogP contribution in [-0.4, -0.2) is 12.7 Å². The van der Waals surface area contributed by atoms with Crippen LogP contribution in [0.3, 0.4) is 0 Å². The molecule has 0 bridgehead atoms. The fourth-order valence-corrected chi connectivity index (χ4v) is 1.61. The Kier molecular flexibility index (Phi) is 6.45. The number of hydrogen-bond acceptors (Lipinski definition) is 1. The van der Waals surface area contributed by atoms with Crippen molar-refractivity contribution in [2.75, 3.05) is 7.11 Å². The van der Waals surface area contributed by atoms with E-state index in [9.17, 15) is 0 Å². The molecule has 0 spiro atoms. The Bertz CT molecular complexity index is 101. The van der Waals surface area contributed by atoms with Crippen molar-refractivity contribution in [3.05, 3.63) is 0 Å². The van der Waals surface area contributed by atoms with Gasteiger partial charge in [-0.2, -0.15) is 0 Å². The standard InChI is InChI=1S/C11H24O/c1-5-7-8-10-11(3,12-4)9-6-2/h5-10H2,1-4H3. The maximum Gasteiger partial charge on any atom is 0.0650 e. The van der Waals surface area contributed by atoms with Gasteiger partial charge in [-0.15, -0.1) is 0 Å². The van der Waals surface area contributed by atoms with Crippen LogP contribution in [0.15, 0.2) is 0 Å². The van der Waals surface area contributed by atoms with E-state index in [1.807, 2.05) is 7.11 Å². The van der Waals surface area contributed by atoms with Gasteiger partial charge in [-0.25, -0.2) is 0 Å². The van der Waals surface area contributed by atoms with Gasteiger partial charge in [0.25, 0.3) is 0 Å². The SMILES string of the molecule is CCCCCC(C)(CCC)OC. The van der Waals surface area contributed by atoms with Gasteiger partial charge in [0.05, 0.1) is 5.60 Å². The second-order valence-electron chi connectivity index (χ2n) is 3.86. The molecule has 1 heteroatoms.